The third-order valence-electron chi connectivity index (χ3n) is 3.91. The predicted octanol–water partition coefficient (Wildman–Crippen LogP) is 3.69. The summed E-state index contributed by atoms with van der Waals surface area (Å²) in [6.45, 7) is 3.34. The molecular weight excluding hydrogens is 396 g/mol. The third kappa shape index (κ3) is 6.35. The Hall–Kier alpha value is -2.05. The molecule has 26 heavy (non-hydrogen) atoms. The van der Waals surface area contributed by atoms with E-state index in [2.05, 4.69) is 33.5 Å². The van der Waals surface area contributed by atoms with E-state index in [-0.39, 0.29) is 18.5 Å². The second kappa shape index (κ2) is 10.8. The largest absolute Gasteiger partial charge is 0.493 e. The van der Waals surface area contributed by atoms with Crippen molar-refractivity contribution < 1.29 is 14.3 Å². The summed E-state index contributed by atoms with van der Waals surface area (Å²) >= 11 is 3.43. The molecule has 2 N–H and O–H groups in total. The van der Waals surface area contributed by atoms with Crippen molar-refractivity contribution in [1.29, 1.82) is 0 Å². The molecule has 0 radical (unpaired) electrons. The van der Waals surface area contributed by atoms with E-state index in [0.29, 0.717) is 24.7 Å². The maximum Gasteiger partial charge on any atom is 0.234 e. The SMILES string of the molecule is CC[C@H](NC(=O)CNCCOc1ccccc1OC)c1ccc(Br)cc1. The number of rotatable bonds is 10. The summed E-state index contributed by atoms with van der Waals surface area (Å²) in [5.74, 6) is 1.37. The van der Waals surface area contributed by atoms with Crippen LogP contribution < -0.4 is 20.1 Å². The van der Waals surface area contributed by atoms with E-state index in [4.69, 9.17) is 9.47 Å². The molecule has 1 atom stereocenters. The Morgan fingerprint density at radius 1 is 1.12 bits per heavy atom. The maximum atomic E-state index is 12.1. The highest BCUT2D eigenvalue weighted by Gasteiger charge is 2.12. The number of amides is 1. The highest BCUT2D eigenvalue weighted by atomic mass is 79.9. The maximum absolute atomic E-state index is 12.1. The lowest BCUT2D eigenvalue weighted by Crippen LogP contribution is -2.37. The Morgan fingerprint density at radius 2 is 1.81 bits per heavy atom. The molecule has 0 saturated carbocycles. The van der Waals surface area contributed by atoms with Crippen LogP contribution in [0.25, 0.3) is 0 Å². The van der Waals surface area contributed by atoms with Crippen molar-refractivity contribution in [3.8, 4) is 11.5 Å². The molecule has 1 amide bonds. The summed E-state index contributed by atoms with van der Waals surface area (Å²) in [5, 5.41) is 6.15. The molecule has 2 rings (SSSR count). The average Bonchev–Trinajstić information content (AvgIpc) is 2.67. The zero-order chi connectivity index (χ0) is 18.8. The fourth-order valence-corrected chi connectivity index (χ4v) is 2.80. The van der Waals surface area contributed by atoms with Crippen LogP contribution in [0.5, 0.6) is 11.5 Å². The average molecular weight is 421 g/mol. The van der Waals surface area contributed by atoms with Gasteiger partial charge in [-0.25, -0.2) is 0 Å². The molecule has 0 saturated heterocycles. The summed E-state index contributed by atoms with van der Waals surface area (Å²) in [6.07, 6.45) is 0.838. The van der Waals surface area contributed by atoms with E-state index >= 15 is 0 Å². The molecular formula is C20H25BrN2O3. The number of methoxy groups -OCH3 is 1. The molecule has 0 aliphatic rings. The monoisotopic (exact) mass is 420 g/mol. The van der Waals surface area contributed by atoms with Crippen molar-refractivity contribution >= 4 is 21.8 Å². The number of nitrogens with one attached hydrogen (secondary N) is 2. The van der Waals surface area contributed by atoms with E-state index < -0.39 is 0 Å². The molecule has 0 heterocycles. The summed E-state index contributed by atoms with van der Waals surface area (Å²) in [6, 6.07) is 15.5. The second-order valence-electron chi connectivity index (χ2n) is 5.76. The minimum Gasteiger partial charge on any atom is -0.493 e. The Kier molecular flexibility index (Phi) is 8.44. The quantitative estimate of drug-likeness (QED) is 0.575. The lowest BCUT2D eigenvalue weighted by atomic mass is 10.0. The van der Waals surface area contributed by atoms with Gasteiger partial charge in [-0.05, 0) is 36.2 Å². The van der Waals surface area contributed by atoms with Gasteiger partial charge < -0.3 is 20.1 Å². The van der Waals surface area contributed by atoms with Crippen molar-refractivity contribution in [2.75, 3.05) is 26.8 Å². The number of ether oxygens (including phenoxy) is 2. The molecule has 2 aromatic carbocycles. The number of halogens is 1. The first-order valence-corrected chi connectivity index (χ1v) is 9.44. The number of carbonyl (C=O) groups excluding carboxylic acids is 1. The van der Waals surface area contributed by atoms with Crippen molar-refractivity contribution in [2.45, 2.75) is 19.4 Å². The summed E-state index contributed by atoms with van der Waals surface area (Å²) < 4.78 is 11.9. The van der Waals surface area contributed by atoms with Gasteiger partial charge in [-0.15, -0.1) is 0 Å². The van der Waals surface area contributed by atoms with Crippen LogP contribution in [0.15, 0.2) is 53.0 Å². The molecule has 140 valence electrons. The van der Waals surface area contributed by atoms with E-state index in [0.717, 1.165) is 16.5 Å². The molecule has 0 bridgehead atoms. The Morgan fingerprint density at radius 3 is 2.46 bits per heavy atom. The van der Waals surface area contributed by atoms with Crippen LogP contribution in [-0.2, 0) is 4.79 Å². The summed E-state index contributed by atoms with van der Waals surface area (Å²) in [7, 11) is 1.61. The number of para-hydroxylation sites is 2. The van der Waals surface area contributed by atoms with Gasteiger partial charge in [0.2, 0.25) is 5.91 Å². The van der Waals surface area contributed by atoms with E-state index in [1.807, 2.05) is 48.5 Å². The zero-order valence-corrected chi connectivity index (χ0v) is 16.7. The predicted molar refractivity (Wildman–Crippen MR) is 107 cm³/mol. The van der Waals surface area contributed by atoms with E-state index in [1.165, 1.54) is 0 Å². The Labute approximate surface area is 163 Å². The topological polar surface area (TPSA) is 59.6 Å². The van der Waals surface area contributed by atoms with Gasteiger partial charge in [-0.1, -0.05) is 47.1 Å². The van der Waals surface area contributed by atoms with Crippen LogP contribution in [0.4, 0.5) is 0 Å². The van der Waals surface area contributed by atoms with Gasteiger partial charge in [-0.3, -0.25) is 4.79 Å². The van der Waals surface area contributed by atoms with Crippen LogP contribution >= 0.6 is 15.9 Å². The van der Waals surface area contributed by atoms with Gasteiger partial charge in [0.15, 0.2) is 11.5 Å². The second-order valence-corrected chi connectivity index (χ2v) is 6.67. The molecule has 6 heteroatoms. The number of hydrogen-bond acceptors (Lipinski definition) is 4. The Balaban J connectivity index is 1.70. The zero-order valence-electron chi connectivity index (χ0n) is 15.1. The minimum absolute atomic E-state index is 0.0160. The standard InChI is InChI=1S/C20H25BrN2O3/c1-3-17(15-8-10-16(21)11-9-15)23-20(24)14-22-12-13-26-19-7-5-4-6-18(19)25-2/h4-11,17,22H,3,12-14H2,1-2H3,(H,23,24)/t17-/m0/s1. The molecule has 5 nitrogen and oxygen atoms in total. The normalized spacial score (nSPS) is 11.7. The summed E-state index contributed by atoms with van der Waals surface area (Å²) in [5.41, 5.74) is 1.10. The van der Waals surface area contributed by atoms with E-state index in [1.54, 1.807) is 7.11 Å². The molecule has 0 aliphatic carbocycles. The van der Waals surface area contributed by atoms with Crippen LogP contribution in [0, 0.1) is 0 Å². The van der Waals surface area contributed by atoms with Crippen LogP contribution in [0.3, 0.4) is 0 Å². The lowest BCUT2D eigenvalue weighted by molar-refractivity contribution is -0.121. The van der Waals surface area contributed by atoms with Crippen LogP contribution in [0.2, 0.25) is 0 Å². The fraction of sp³-hybridized carbons (Fsp3) is 0.350. The van der Waals surface area contributed by atoms with Gasteiger partial charge in [0.25, 0.3) is 0 Å². The Bertz CT molecular complexity index is 692. The van der Waals surface area contributed by atoms with Crippen molar-refractivity contribution in [1.82, 2.24) is 10.6 Å². The number of hydrogen-bond donors (Lipinski definition) is 2. The van der Waals surface area contributed by atoms with Gasteiger partial charge in [-0.2, -0.15) is 0 Å². The smallest absolute Gasteiger partial charge is 0.234 e. The van der Waals surface area contributed by atoms with Crippen molar-refractivity contribution in [3.63, 3.8) is 0 Å². The number of carbonyl (C=O) groups is 1. The van der Waals surface area contributed by atoms with Crippen molar-refractivity contribution in [2.24, 2.45) is 0 Å². The van der Waals surface area contributed by atoms with Gasteiger partial charge in [0.1, 0.15) is 6.61 Å². The van der Waals surface area contributed by atoms with Crippen LogP contribution in [0.1, 0.15) is 24.9 Å². The minimum atomic E-state index is -0.0305. The molecule has 0 unspecified atom stereocenters. The first kappa shape index (κ1) is 20.3. The molecule has 0 aliphatic heterocycles. The third-order valence-corrected chi connectivity index (χ3v) is 4.44. The molecule has 0 fully saturated rings. The highest BCUT2D eigenvalue weighted by Crippen LogP contribution is 2.25. The summed E-state index contributed by atoms with van der Waals surface area (Å²) in [4.78, 5) is 12.1. The molecule has 2 aromatic rings. The van der Waals surface area contributed by atoms with E-state index in [9.17, 15) is 4.79 Å². The first-order valence-electron chi connectivity index (χ1n) is 8.65. The molecule has 0 aromatic heterocycles. The van der Waals surface area contributed by atoms with Gasteiger partial charge in [0, 0.05) is 11.0 Å². The highest BCUT2D eigenvalue weighted by molar-refractivity contribution is 9.10. The number of benzene rings is 2. The van der Waals surface area contributed by atoms with Gasteiger partial charge >= 0.3 is 0 Å². The fourth-order valence-electron chi connectivity index (χ4n) is 2.53. The van der Waals surface area contributed by atoms with Gasteiger partial charge in [0.05, 0.1) is 19.7 Å². The first-order chi connectivity index (χ1) is 12.6. The molecule has 0 spiro atoms. The lowest BCUT2D eigenvalue weighted by Gasteiger charge is -2.18. The van der Waals surface area contributed by atoms with Crippen molar-refractivity contribution in [3.05, 3.63) is 58.6 Å². The van der Waals surface area contributed by atoms with Crippen LogP contribution in [-0.4, -0.2) is 32.7 Å².